The first kappa shape index (κ1) is 20.7. The fourth-order valence-corrected chi connectivity index (χ4v) is 6.82. The van der Waals surface area contributed by atoms with E-state index in [-0.39, 0.29) is 11.7 Å². The molecule has 33 heavy (non-hydrogen) atoms. The second-order valence-electron chi connectivity index (χ2n) is 8.71. The lowest BCUT2D eigenvalue weighted by molar-refractivity contribution is -0.118. The van der Waals surface area contributed by atoms with E-state index in [4.69, 9.17) is 0 Å². The van der Waals surface area contributed by atoms with Crippen molar-refractivity contribution in [2.45, 2.75) is 17.8 Å². The van der Waals surface area contributed by atoms with Crippen molar-refractivity contribution in [2.75, 3.05) is 5.32 Å². The quantitative estimate of drug-likeness (QED) is 0.276. The number of phenols is 1. The average molecular weight is 561 g/mol. The van der Waals surface area contributed by atoms with Crippen molar-refractivity contribution in [2.24, 2.45) is 0 Å². The third-order valence-corrected chi connectivity index (χ3v) is 7.99. The van der Waals surface area contributed by atoms with Crippen LogP contribution in [-0.2, 0) is 16.6 Å². The molecule has 162 valence electrons. The summed E-state index contributed by atoms with van der Waals surface area (Å²) in [5.74, 6) is -0.197. The fourth-order valence-electron chi connectivity index (χ4n) is 5.46. The number of rotatable bonds is 3. The normalized spacial score (nSPS) is 20.7. The molecule has 0 radical (unpaired) electrons. The van der Waals surface area contributed by atoms with Gasteiger partial charge in [-0.2, -0.15) is 0 Å². The molecule has 4 aromatic carbocycles. The number of fused-ring (bicyclic) bond motifs is 3. The van der Waals surface area contributed by atoms with E-state index in [9.17, 15) is 9.90 Å². The monoisotopic (exact) mass is 559 g/mol. The van der Waals surface area contributed by atoms with Crippen LogP contribution >= 0.6 is 31.9 Å². The number of carbonyl (C=O) groups is 1. The summed E-state index contributed by atoms with van der Waals surface area (Å²) < 4.78 is 1.76. The van der Waals surface area contributed by atoms with E-state index in [0.717, 1.165) is 47.7 Å². The minimum absolute atomic E-state index is 0.0366. The summed E-state index contributed by atoms with van der Waals surface area (Å²) in [4.78, 5) is 13.5. The summed E-state index contributed by atoms with van der Waals surface area (Å²) in [6.07, 6.45) is 4.75. The molecule has 0 bridgehead atoms. The molecule has 4 aromatic rings. The molecule has 2 N–H and O–H groups in total. The molecule has 0 spiro atoms. The largest absolute Gasteiger partial charge is 0.507 e. The highest BCUT2D eigenvalue weighted by Crippen LogP contribution is 2.54. The predicted octanol–water partition coefficient (Wildman–Crippen LogP) is 7.31. The number of halogens is 2. The van der Waals surface area contributed by atoms with Crippen LogP contribution < -0.4 is 5.32 Å². The highest BCUT2D eigenvalue weighted by Gasteiger charge is 2.50. The number of anilines is 1. The van der Waals surface area contributed by atoms with Gasteiger partial charge < -0.3 is 10.4 Å². The summed E-state index contributed by atoms with van der Waals surface area (Å²) in [7, 11) is 0. The number of benzene rings is 4. The first-order valence-corrected chi connectivity index (χ1v) is 12.3. The number of carbonyl (C=O) groups excluding carboxylic acids is 1. The van der Waals surface area contributed by atoms with Crippen LogP contribution in [0, 0.1) is 0 Å². The SMILES string of the molecule is O=C1Nc2c(Br)cc(Br)cc2C1C1(Cc2ccc3ccccc3c2O)C=Cc2ccccc21. The lowest BCUT2D eigenvalue weighted by atomic mass is 9.66. The smallest absolute Gasteiger partial charge is 0.233 e. The van der Waals surface area contributed by atoms with Crippen molar-refractivity contribution < 1.29 is 9.90 Å². The van der Waals surface area contributed by atoms with Gasteiger partial charge in [0.1, 0.15) is 5.75 Å². The van der Waals surface area contributed by atoms with Gasteiger partial charge in [-0.1, -0.05) is 88.7 Å². The zero-order valence-electron chi connectivity index (χ0n) is 17.5. The van der Waals surface area contributed by atoms with Crippen LogP contribution in [-0.4, -0.2) is 11.0 Å². The molecule has 1 aliphatic heterocycles. The zero-order chi connectivity index (χ0) is 22.7. The fraction of sp³-hybridized carbons (Fsp3) is 0.107. The van der Waals surface area contributed by atoms with Crippen LogP contribution in [0.4, 0.5) is 5.69 Å². The van der Waals surface area contributed by atoms with Gasteiger partial charge in [0, 0.05) is 19.7 Å². The number of hydrogen-bond acceptors (Lipinski definition) is 2. The van der Waals surface area contributed by atoms with Gasteiger partial charge in [0.25, 0.3) is 0 Å². The standard InChI is InChI=1S/C28H19Br2NO2/c29-19-13-21-24(27(33)31-25(21)23(30)14-19)28(12-11-17-6-2-4-8-22(17)28)15-18-10-9-16-5-1-3-7-20(16)26(18)32/h1-14,24,32H,15H2,(H,31,33). The van der Waals surface area contributed by atoms with Crippen LogP contribution in [0.25, 0.3) is 16.8 Å². The molecule has 0 saturated carbocycles. The van der Waals surface area contributed by atoms with E-state index in [1.54, 1.807) is 0 Å². The molecular formula is C28H19Br2NO2. The highest BCUT2D eigenvalue weighted by molar-refractivity contribution is 9.11. The first-order chi connectivity index (χ1) is 16.0. The number of aromatic hydroxyl groups is 1. The third kappa shape index (κ3) is 3.10. The Balaban J connectivity index is 1.58. The van der Waals surface area contributed by atoms with Crippen molar-refractivity contribution in [3.05, 3.63) is 110 Å². The second kappa shape index (κ2) is 7.57. The molecule has 0 fully saturated rings. The molecule has 1 amide bonds. The van der Waals surface area contributed by atoms with Crippen LogP contribution in [0.1, 0.15) is 28.2 Å². The van der Waals surface area contributed by atoms with E-state index in [0.29, 0.717) is 6.42 Å². The Kier molecular flexibility index (Phi) is 4.75. The number of hydrogen-bond donors (Lipinski definition) is 2. The van der Waals surface area contributed by atoms with Gasteiger partial charge >= 0.3 is 0 Å². The molecule has 0 saturated heterocycles. The summed E-state index contributed by atoms with van der Waals surface area (Å²) in [6, 6.07) is 24.0. The highest BCUT2D eigenvalue weighted by atomic mass is 79.9. The van der Waals surface area contributed by atoms with Crippen LogP contribution in [0.3, 0.4) is 0 Å². The van der Waals surface area contributed by atoms with Crippen molar-refractivity contribution in [3.8, 4) is 5.75 Å². The van der Waals surface area contributed by atoms with Gasteiger partial charge in [-0.25, -0.2) is 0 Å². The Morgan fingerprint density at radius 3 is 2.64 bits per heavy atom. The third-order valence-electron chi connectivity index (χ3n) is 6.91. The van der Waals surface area contributed by atoms with Crippen molar-refractivity contribution in [3.63, 3.8) is 0 Å². The van der Waals surface area contributed by atoms with Crippen molar-refractivity contribution in [1.82, 2.24) is 0 Å². The molecule has 2 aliphatic rings. The molecular weight excluding hydrogens is 542 g/mol. The van der Waals surface area contributed by atoms with Gasteiger partial charge in [-0.05, 0) is 62.1 Å². The molecule has 1 heterocycles. The maximum atomic E-state index is 13.5. The lowest BCUT2D eigenvalue weighted by Gasteiger charge is -2.35. The van der Waals surface area contributed by atoms with E-state index in [1.807, 2.05) is 60.7 Å². The van der Waals surface area contributed by atoms with Crippen LogP contribution in [0.5, 0.6) is 5.75 Å². The van der Waals surface area contributed by atoms with E-state index < -0.39 is 11.3 Å². The number of phenolic OH excluding ortho intramolecular Hbond substituents is 1. The average Bonchev–Trinajstić information content (AvgIpc) is 3.34. The molecule has 2 unspecified atom stereocenters. The Morgan fingerprint density at radius 1 is 0.970 bits per heavy atom. The Hall–Kier alpha value is -2.89. The zero-order valence-corrected chi connectivity index (χ0v) is 20.7. The summed E-state index contributed by atoms with van der Waals surface area (Å²) in [6.45, 7) is 0. The minimum Gasteiger partial charge on any atom is -0.507 e. The molecule has 2 atom stereocenters. The summed E-state index contributed by atoms with van der Waals surface area (Å²) >= 11 is 7.21. The predicted molar refractivity (Wildman–Crippen MR) is 140 cm³/mol. The van der Waals surface area contributed by atoms with Gasteiger partial charge in [-0.15, -0.1) is 0 Å². The molecule has 5 heteroatoms. The number of nitrogens with one attached hydrogen (secondary N) is 1. The van der Waals surface area contributed by atoms with Gasteiger partial charge in [-0.3, -0.25) is 4.79 Å². The van der Waals surface area contributed by atoms with Gasteiger partial charge in [0.2, 0.25) is 5.91 Å². The number of allylic oxidation sites excluding steroid dienone is 1. The second-order valence-corrected chi connectivity index (χ2v) is 10.5. The molecule has 1 aliphatic carbocycles. The Bertz CT molecular complexity index is 1490. The van der Waals surface area contributed by atoms with Crippen molar-refractivity contribution >= 4 is 60.3 Å². The van der Waals surface area contributed by atoms with Crippen LogP contribution in [0.2, 0.25) is 0 Å². The van der Waals surface area contributed by atoms with Gasteiger partial charge in [0.05, 0.1) is 11.6 Å². The molecule has 0 aromatic heterocycles. The van der Waals surface area contributed by atoms with Crippen molar-refractivity contribution in [1.29, 1.82) is 0 Å². The summed E-state index contributed by atoms with van der Waals surface area (Å²) in [5, 5.41) is 16.1. The first-order valence-electron chi connectivity index (χ1n) is 10.8. The van der Waals surface area contributed by atoms with E-state index in [2.05, 4.69) is 61.5 Å². The van der Waals surface area contributed by atoms with E-state index in [1.165, 1.54) is 0 Å². The molecule has 3 nitrogen and oxygen atoms in total. The Morgan fingerprint density at radius 2 is 1.76 bits per heavy atom. The van der Waals surface area contributed by atoms with Crippen LogP contribution in [0.15, 0.2) is 87.8 Å². The maximum absolute atomic E-state index is 13.5. The lowest BCUT2D eigenvalue weighted by Crippen LogP contribution is -2.37. The van der Waals surface area contributed by atoms with E-state index >= 15 is 0 Å². The Labute approximate surface area is 208 Å². The van der Waals surface area contributed by atoms with Gasteiger partial charge in [0.15, 0.2) is 0 Å². The topological polar surface area (TPSA) is 49.3 Å². The number of amides is 1. The molecule has 6 rings (SSSR count). The summed E-state index contributed by atoms with van der Waals surface area (Å²) in [5.41, 5.74) is 4.16. The minimum atomic E-state index is -0.633. The maximum Gasteiger partial charge on any atom is 0.233 e.